The Hall–Kier alpha value is -1.78. The lowest BCUT2D eigenvalue weighted by Gasteiger charge is -2.10. The number of amides is 2. The normalized spacial score (nSPS) is 10.2. The Balaban J connectivity index is 2.09. The summed E-state index contributed by atoms with van der Waals surface area (Å²) in [7, 11) is 0. The van der Waals surface area contributed by atoms with Crippen molar-refractivity contribution < 1.29 is 9.18 Å². The fourth-order valence-electron chi connectivity index (χ4n) is 1.59. The summed E-state index contributed by atoms with van der Waals surface area (Å²) in [5, 5.41) is 5.69. The minimum absolute atomic E-state index is 0.0539. The lowest BCUT2D eigenvalue weighted by molar-refractivity contribution is 0.262. The fraction of sp³-hybridized carbons (Fsp3) is 0.0714. The molecule has 0 spiro atoms. The van der Waals surface area contributed by atoms with Gasteiger partial charge in [0.05, 0.1) is 5.02 Å². The predicted molar refractivity (Wildman–Crippen MR) is 80.2 cm³/mol. The number of anilines is 2. The molecule has 0 unspecified atom stereocenters. The van der Waals surface area contributed by atoms with Gasteiger partial charge in [-0.25, -0.2) is 9.18 Å². The van der Waals surface area contributed by atoms with Crippen molar-refractivity contribution in [2.75, 3.05) is 10.6 Å². The van der Waals surface area contributed by atoms with Gasteiger partial charge >= 0.3 is 6.03 Å². The van der Waals surface area contributed by atoms with E-state index in [0.29, 0.717) is 16.4 Å². The second-order valence-electron chi connectivity index (χ2n) is 4.17. The molecule has 2 rings (SSSR count). The third kappa shape index (κ3) is 3.62. The number of halogens is 3. The molecule has 0 saturated heterocycles. The molecule has 0 aliphatic heterocycles. The average Bonchev–Trinajstić information content (AvgIpc) is 2.38. The molecule has 0 heterocycles. The molecule has 2 aromatic rings. The van der Waals surface area contributed by atoms with Crippen LogP contribution in [0.4, 0.5) is 20.6 Å². The number of carbonyl (C=O) groups is 1. The molecule has 2 aromatic carbocycles. The first kappa shape index (κ1) is 14.6. The molecule has 0 bridgehead atoms. The number of hydrogen-bond donors (Lipinski definition) is 2. The first-order valence-electron chi connectivity index (χ1n) is 5.75. The topological polar surface area (TPSA) is 41.1 Å². The van der Waals surface area contributed by atoms with Crippen LogP contribution in [0.1, 0.15) is 5.56 Å². The van der Waals surface area contributed by atoms with E-state index >= 15 is 0 Å². The monoisotopic (exact) mass is 312 g/mol. The van der Waals surface area contributed by atoms with E-state index < -0.39 is 11.8 Å². The predicted octanol–water partition coefficient (Wildman–Crippen LogP) is 5.08. The molecule has 0 aliphatic carbocycles. The fourth-order valence-corrected chi connectivity index (χ4v) is 1.94. The van der Waals surface area contributed by atoms with Crippen LogP contribution in [0.2, 0.25) is 10.0 Å². The molecule has 0 saturated carbocycles. The summed E-state index contributed by atoms with van der Waals surface area (Å²) in [6.07, 6.45) is 0. The van der Waals surface area contributed by atoms with Gasteiger partial charge in [0.25, 0.3) is 0 Å². The Kier molecular flexibility index (Phi) is 4.47. The van der Waals surface area contributed by atoms with Crippen LogP contribution in [0.15, 0.2) is 36.4 Å². The Morgan fingerprint density at radius 1 is 1.10 bits per heavy atom. The summed E-state index contributed by atoms with van der Waals surface area (Å²) >= 11 is 11.5. The van der Waals surface area contributed by atoms with Crippen molar-refractivity contribution in [3.05, 3.63) is 57.8 Å². The molecule has 0 fully saturated rings. The van der Waals surface area contributed by atoms with Crippen molar-refractivity contribution in [3.63, 3.8) is 0 Å². The highest BCUT2D eigenvalue weighted by molar-refractivity contribution is 6.31. The van der Waals surface area contributed by atoms with Crippen LogP contribution >= 0.6 is 23.2 Å². The summed E-state index contributed by atoms with van der Waals surface area (Å²) in [5.74, 6) is -0.539. The van der Waals surface area contributed by atoms with E-state index in [9.17, 15) is 9.18 Å². The number of rotatable bonds is 2. The maximum Gasteiger partial charge on any atom is 0.323 e. The Morgan fingerprint density at radius 2 is 1.85 bits per heavy atom. The second-order valence-corrected chi connectivity index (χ2v) is 5.01. The summed E-state index contributed by atoms with van der Waals surface area (Å²) in [4.78, 5) is 11.8. The van der Waals surface area contributed by atoms with E-state index in [4.69, 9.17) is 23.2 Å². The number of carbonyl (C=O) groups excluding carboxylic acids is 1. The van der Waals surface area contributed by atoms with Crippen molar-refractivity contribution in [2.45, 2.75) is 6.92 Å². The molecular formula is C14H11Cl2FN2O. The Bertz CT molecular complexity index is 662. The Morgan fingerprint density at radius 3 is 2.55 bits per heavy atom. The van der Waals surface area contributed by atoms with Gasteiger partial charge < -0.3 is 10.6 Å². The molecular weight excluding hydrogens is 302 g/mol. The summed E-state index contributed by atoms with van der Waals surface area (Å²) in [6.45, 7) is 1.85. The van der Waals surface area contributed by atoms with Crippen molar-refractivity contribution in [1.82, 2.24) is 0 Å². The minimum Gasteiger partial charge on any atom is -0.308 e. The molecule has 20 heavy (non-hydrogen) atoms. The highest BCUT2D eigenvalue weighted by Gasteiger charge is 2.07. The average molecular weight is 313 g/mol. The van der Waals surface area contributed by atoms with Gasteiger partial charge in [0, 0.05) is 16.4 Å². The molecule has 0 aliphatic rings. The van der Waals surface area contributed by atoms with Gasteiger partial charge in [0.1, 0.15) is 5.82 Å². The van der Waals surface area contributed by atoms with Crippen molar-refractivity contribution in [3.8, 4) is 0 Å². The van der Waals surface area contributed by atoms with E-state index in [1.807, 2.05) is 6.92 Å². The number of aryl methyl sites for hydroxylation is 1. The zero-order valence-electron chi connectivity index (χ0n) is 10.5. The lowest BCUT2D eigenvalue weighted by atomic mass is 10.2. The lowest BCUT2D eigenvalue weighted by Crippen LogP contribution is -2.20. The smallest absolute Gasteiger partial charge is 0.308 e. The number of nitrogens with one attached hydrogen (secondary N) is 2. The number of urea groups is 1. The number of benzene rings is 2. The quantitative estimate of drug-likeness (QED) is 0.797. The maximum atomic E-state index is 13.0. The molecule has 6 heteroatoms. The van der Waals surface area contributed by atoms with Crippen LogP contribution in [0.5, 0.6) is 0 Å². The van der Waals surface area contributed by atoms with Gasteiger partial charge in [0.2, 0.25) is 0 Å². The highest BCUT2D eigenvalue weighted by atomic mass is 35.5. The van der Waals surface area contributed by atoms with Crippen LogP contribution in [-0.2, 0) is 0 Å². The Labute approximate surface area is 125 Å². The van der Waals surface area contributed by atoms with Crippen molar-refractivity contribution in [2.24, 2.45) is 0 Å². The van der Waals surface area contributed by atoms with Crippen molar-refractivity contribution in [1.29, 1.82) is 0 Å². The molecule has 3 nitrogen and oxygen atoms in total. The first-order valence-corrected chi connectivity index (χ1v) is 6.50. The van der Waals surface area contributed by atoms with Crippen LogP contribution in [0, 0.1) is 12.7 Å². The standard InChI is InChI=1S/C14H11Cl2FN2O/c1-8-2-3-9(15)6-13(8)19-14(20)18-10-4-5-12(17)11(16)7-10/h2-7H,1H3,(H2,18,19,20). The molecule has 2 amide bonds. The second kappa shape index (κ2) is 6.11. The van der Waals surface area contributed by atoms with Crippen LogP contribution in [0.25, 0.3) is 0 Å². The van der Waals surface area contributed by atoms with Gasteiger partial charge in [-0.3, -0.25) is 0 Å². The van der Waals surface area contributed by atoms with E-state index in [1.54, 1.807) is 18.2 Å². The van der Waals surface area contributed by atoms with E-state index in [2.05, 4.69) is 10.6 Å². The molecule has 2 N–H and O–H groups in total. The summed E-state index contributed by atoms with van der Waals surface area (Å²) in [6, 6.07) is 8.66. The van der Waals surface area contributed by atoms with E-state index in [-0.39, 0.29) is 5.02 Å². The van der Waals surface area contributed by atoms with Crippen LogP contribution in [-0.4, -0.2) is 6.03 Å². The SMILES string of the molecule is Cc1ccc(Cl)cc1NC(=O)Nc1ccc(F)c(Cl)c1. The maximum absolute atomic E-state index is 13.0. The third-order valence-corrected chi connectivity index (χ3v) is 3.15. The zero-order valence-corrected chi connectivity index (χ0v) is 12.0. The van der Waals surface area contributed by atoms with Gasteiger partial charge in [-0.2, -0.15) is 0 Å². The largest absolute Gasteiger partial charge is 0.323 e. The molecule has 0 atom stereocenters. The zero-order chi connectivity index (χ0) is 14.7. The highest BCUT2D eigenvalue weighted by Crippen LogP contribution is 2.22. The van der Waals surface area contributed by atoms with E-state index in [0.717, 1.165) is 5.56 Å². The molecule has 104 valence electrons. The van der Waals surface area contributed by atoms with E-state index in [1.165, 1.54) is 18.2 Å². The summed E-state index contributed by atoms with van der Waals surface area (Å²) in [5.41, 5.74) is 1.87. The first-order chi connectivity index (χ1) is 9.45. The third-order valence-electron chi connectivity index (χ3n) is 2.63. The minimum atomic E-state index is -0.539. The van der Waals surface area contributed by atoms with Crippen LogP contribution in [0.3, 0.4) is 0 Å². The van der Waals surface area contributed by atoms with Gasteiger partial charge in [-0.15, -0.1) is 0 Å². The molecule has 0 radical (unpaired) electrons. The van der Waals surface area contributed by atoms with Gasteiger partial charge in [-0.1, -0.05) is 29.3 Å². The van der Waals surface area contributed by atoms with Gasteiger partial charge in [0.15, 0.2) is 0 Å². The van der Waals surface area contributed by atoms with Crippen LogP contribution < -0.4 is 10.6 Å². The van der Waals surface area contributed by atoms with Gasteiger partial charge in [-0.05, 0) is 42.8 Å². The number of hydrogen-bond acceptors (Lipinski definition) is 1. The molecule has 0 aromatic heterocycles. The van der Waals surface area contributed by atoms with Crippen molar-refractivity contribution >= 4 is 40.6 Å². The summed E-state index contributed by atoms with van der Waals surface area (Å²) < 4.78 is 13.0.